The highest BCUT2D eigenvalue weighted by molar-refractivity contribution is 5.94. The van der Waals surface area contributed by atoms with E-state index in [0.717, 1.165) is 68.9 Å². The number of pyridine rings is 1. The van der Waals surface area contributed by atoms with Crippen molar-refractivity contribution in [1.29, 1.82) is 0 Å². The molecule has 0 amide bonds. The first-order valence-corrected chi connectivity index (χ1v) is 10.8. The molecule has 0 bridgehead atoms. The van der Waals surface area contributed by atoms with Gasteiger partial charge in [0.2, 0.25) is 0 Å². The fraction of sp³-hybridized carbons (Fsp3) is 0.500. The van der Waals surface area contributed by atoms with Crippen molar-refractivity contribution in [2.24, 2.45) is 5.92 Å². The number of Topliss-reactive ketones (excluding diaryl/α,β-unsaturated/α-hetero) is 1. The van der Waals surface area contributed by atoms with Crippen LogP contribution in [0.15, 0.2) is 42.6 Å². The highest BCUT2D eigenvalue weighted by Crippen LogP contribution is 2.31. The number of carbonyl (C=O) groups excluding carboxylic acids is 1. The van der Waals surface area contributed by atoms with Crippen LogP contribution in [0, 0.1) is 5.92 Å². The van der Waals surface area contributed by atoms with Crippen molar-refractivity contribution in [2.45, 2.75) is 51.1 Å². The summed E-state index contributed by atoms with van der Waals surface area (Å²) < 4.78 is 49.0. The predicted molar refractivity (Wildman–Crippen MR) is 111 cm³/mol. The minimum Gasteiger partial charge on any atom is -0.493 e. The smallest absolute Gasteiger partial charge is 0.416 e. The summed E-state index contributed by atoms with van der Waals surface area (Å²) in [7, 11) is 0. The number of hydrogen-bond donors (Lipinski definition) is 0. The normalized spacial score (nSPS) is 15.1. The number of alkyl halides is 3. The number of ether oxygens (including phenoxy) is 2. The van der Waals surface area contributed by atoms with E-state index < -0.39 is 11.7 Å². The van der Waals surface area contributed by atoms with Gasteiger partial charge in [0.15, 0.2) is 5.78 Å². The lowest BCUT2D eigenvalue weighted by atomic mass is 9.93. The van der Waals surface area contributed by atoms with Gasteiger partial charge in [-0.3, -0.25) is 9.78 Å². The maximum atomic E-state index is 12.7. The third-order valence-corrected chi connectivity index (χ3v) is 5.54. The van der Waals surface area contributed by atoms with E-state index in [1.54, 1.807) is 12.3 Å². The number of unbranched alkanes of at least 4 members (excludes halogenated alkanes) is 1. The van der Waals surface area contributed by atoms with E-state index in [2.05, 4.69) is 4.98 Å². The quantitative estimate of drug-likeness (QED) is 0.345. The van der Waals surface area contributed by atoms with Gasteiger partial charge < -0.3 is 9.47 Å². The molecular formula is C24H28F3NO3. The number of hydrogen-bond acceptors (Lipinski definition) is 4. The summed E-state index contributed by atoms with van der Waals surface area (Å²) in [5.41, 5.74) is 0.582. The molecule has 31 heavy (non-hydrogen) atoms. The van der Waals surface area contributed by atoms with E-state index in [1.165, 1.54) is 12.1 Å². The summed E-state index contributed by atoms with van der Waals surface area (Å²) in [6.07, 6.45) is 3.52. The molecule has 0 spiro atoms. The highest BCUT2D eigenvalue weighted by Gasteiger charge is 2.30. The van der Waals surface area contributed by atoms with E-state index >= 15 is 0 Å². The molecule has 168 valence electrons. The van der Waals surface area contributed by atoms with Crippen molar-refractivity contribution in [1.82, 2.24) is 4.98 Å². The Morgan fingerprint density at radius 3 is 2.65 bits per heavy atom. The molecule has 2 aromatic rings. The molecule has 1 aliphatic rings. The van der Waals surface area contributed by atoms with Crippen LogP contribution >= 0.6 is 0 Å². The highest BCUT2D eigenvalue weighted by atomic mass is 19.4. The topological polar surface area (TPSA) is 48.4 Å². The average molecular weight is 435 g/mol. The third-order valence-electron chi connectivity index (χ3n) is 5.54. The summed E-state index contributed by atoms with van der Waals surface area (Å²) in [6, 6.07) is 8.35. The van der Waals surface area contributed by atoms with Crippen molar-refractivity contribution in [3.63, 3.8) is 0 Å². The second-order valence-corrected chi connectivity index (χ2v) is 7.90. The van der Waals surface area contributed by atoms with Crippen LogP contribution in [0.25, 0.3) is 0 Å². The van der Waals surface area contributed by atoms with E-state index in [1.807, 2.05) is 6.07 Å². The molecule has 0 radical (unpaired) electrons. The summed E-state index contributed by atoms with van der Waals surface area (Å²) in [5.74, 6) is 0.938. The Kier molecular flexibility index (Phi) is 8.46. The van der Waals surface area contributed by atoms with Crippen LogP contribution in [0.3, 0.4) is 0 Å². The monoisotopic (exact) mass is 435 g/mol. The second kappa shape index (κ2) is 11.3. The van der Waals surface area contributed by atoms with E-state index in [9.17, 15) is 18.0 Å². The minimum atomic E-state index is -4.39. The van der Waals surface area contributed by atoms with Crippen LogP contribution in [0.4, 0.5) is 13.2 Å². The zero-order chi connectivity index (χ0) is 22.1. The van der Waals surface area contributed by atoms with Gasteiger partial charge in [0.05, 0.1) is 12.2 Å². The molecule has 0 atom stereocenters. The van der Waals surface area contributed by atoms with Crippen molar-refractivity contribution in [3.05, 3.63) is 59.4 Å². The molecule has 1 saturated heterocycles. The first-order chi connectivity index (χ1) is 14.9. The number of rotatable bonds is 10. The van der Waals surface area contributed by atoms with Crippen molar-refractivity contribution < 1.29 is 27.4 Å². The molecule has 0 unspecified atom stereocenters. The zero-order valence-electron chi connectivity index (χ0n) is 17.5. The maximum Gasteiger partial charge on any atom is 0.416 e. The standard InChI is InChI=1S/C24H28F3NO3/c25-24(26,27)20-5-3-6-21(16-20)31-15-12-19-8-9-22(28-17-19)23(29)7-2-1-4-18-10-13-30-14-11-18/h3,5-6,8-9,16-18H,1-2,4,7,10-15H2. The molecule has 1 fully saturated rings. The van der Waals surface area contributed by atoms with E-state index in [4.69, 9.17) is 9.47 Å². The molecule has 4 nitrogen and oxygen atoms in total. The Labute approximate surface area is 180 Å². The number of nitrogens with zero attached hydrogens (tertiary/aromatic N) is 1. The lowest BCUT2D eigenvalue weighted by Crippen LogP contribution is -2.15. The largest absolute Gasteiger partial charge is 0.493 e. The van der Waals surface area contributed by atoms with Crippen LogP contribution in [-0.2, 0) is 17.3 Å². The first-order valence-electron chi connectivity index (χ1n) is 10.8. The molecule has 2 heterocycles. The summed E-state index contributed by atoms with van der Waals surface area (Å²) in [6.45, 7) is 1.93. The van der Waals surface area contributed by atoms with Crippen LogP contribution in [-0.4, -0.2) is 30.6 Å². The van der Waals surface area contributed by atoms with Gasteiger partial charge in [-0.15, -0.1) is 0 Å². The lowest BCUT2D eigenvalue weighted by molar-refractivity contribution is -0.137. The minimum absolute atomic E-state index is 0.0405. The number of aromatic nitrogens is 1. The first kappa shape index (κ1) is 23.3. The van der Waals surface area contributed by atoms with Crippen molar-refractivity contribution in [3.8, 4) is 5.75 Å². The summed E-state index contributed by atoms with van der Waals surface area (Å²) in [4.78, 5) is 16.6. The van der Waals surface area contributed by atoms with Gasteiger partial charge in [-0.1, -0.05) is 25.0 Å². The van der Waals surface area contributed by atoms with E-state index in [-0.39, 0.29) is 18.1 Å². The number of ketones is 1. The molecule has 3 rings (SSSR count). The lowest BCUT2D eigenvalue weighted by Gasteiger charge is -2.21. The molecule has 0 N–H and O–H groups in total. The molecule has 0 aliphatic carbocycles. The SMILES string of the molecule is O=C(CCCCC1CCOCC1)c1ccc(CCOc2cccc(C(F)(F)F)c2)cn1. The van der Waals surface area contributed by atoms with Crippen LogP contribution in [0.5, 0.6) is 5.75 Å². The van der Waals surface area contributed by atoms with Gasteiger partial charge in [0.25, 0.3) is 0 Å². The Morgan fingerprint density at radius 1 is 1.13 bits per heavy atom. The molecule has 1 aromatic carbocycles. The fourth-order valence-corrected chi connectivity index (χ4v) is 3.67. The molecular weight excluding hydrogens is 407 g/mol. The summed E-state index contributed by atoms with van der Waals surface area (Å²) >= 11 is 0. The Bertz CT molecular complexity index is 831. The molecule has 0 saturated carbocycles. The zero-order valence-corrected chi connectivity index (χ0v) is 17.5. The Balaban J connectivity index is 1.38. The van der Waals surface area contributed by atoms with Gasteiger partial charge in [0, 0.05) is 32.3 Å². The van der Waals surface area contributed by atoms with Crippen molar-refractivity contribution in [2.75, 3.05) is 19.8 Å². The summed E-state index contributed by atoms with van der Waals surface area (Å²) in [5, 5.41) is 0. The van der Waals surface area contributed by atoms with Gasteiger partial charge in [0.1, 0.15) is 11.4 Å². The molecule has 1 aliphatic heterocycles. The third kappa shape index (κ3) is 7.65. The molecule has 7 heteroatoms. The van der Waals surface area contributed by atoms with Gasteiger partial charge in [-0.2, -0.15) is 13.2 Å². The second-order valence-electron chi connectivity index (χ2n) is 7.90. The van der Waals surface area contributed by atoms with E-state index in [0.29, 0.717) is 18.5 Å². The fourth-order valence-electron chi connectivity index (χ4n) is 3.67. The predicted octanol–water partition coefficient (Wildman–Crippen LogP) is 5.89. The number of benzene rings is 1. The number of carbonyl (C=O) groups is 1. The average Bonchev–Trinajstić information content (AvgIpc) is 2.77. The van der Waals surface area contributed by atoms with Gasteiger partial charge in [-0.25, -0.2) is 0 Å². The maximum absolute atomic E-state index is 12.7. The van der Waals surface area contributed by atoms with Crippen LogP contribution in [0.1, 0.15) is 60.1 Å². The van der Waals surface area contributed by atoms with Gasteiger partial charge in [-0.05, 0) is 55.0 Å². The van der Waals surface area contributed by atoms with Gasteiger partial charge >= 0.3 is 6.18 Å². The Hall–Kier alpha value is -2.41. The molecule has 1 aromatic heterocycles. The Morgan fingerprint density at radius 2 is 1.94 bits per heavy atom. The van der Waals surface area contributed by atoms with Crippen LogP contribution < -0.4 is 4.74 Å². The van der Waals surface area contributed by atoms with Crippen molar-refractivity contribution >= 4 is 5.78 Å². The van der Waals surface area contributed by atoms with Crippen LogP contribution in [0.2, 0.25) is 0 Å². The number of halogens is 3.